The van der Waals surface area contributed by atoms with Gasteiger partial charge in [-0.05, 0) is 25.3 Å². The highest BCUT2D eigenvalue weighted by molar-refractivity contribution is 7.99. The number of likely N-dealkylation sites (tertiary alicyclic amines) is 1. The smallest absolute Gasteiger partial charge is 0.246 e. The van der Waals surface area contributed by atoms with Crippen molar-refractivity contribution in [1.29, 1.82) is 0 Å². The fraction of sp³-hybridized carbons (Fsp3) is 0.875. The summed E-state index contributed by atoms with van der Waals surface area (Å²) >= 11 is 1.69. The van der Waals surface area contributed by atoms with E-state index < -0.39 is 0 Å². The molecule has 2 fully saturated rings. The SMILES string of the molecule is CNC1CCN(C(=O)C2CSCN2C(=O)CC(C)(C)C)CC1. The minimum atomic E-state index is -0.258. The maximum atomic E-state index is 12.8. The van der Waals surface area contributed by atoms with Crippen molar-refractivity contribution in [1.82, 2.24) is 15.1 Å². The van der Waals surface area contributed by atoms with Gasteiger partial charge in [0.15, 0.2) is 0 Å². The Morgan fingerprint density at radius 1 is 1.23 bits per heavy atom. The summed E-state index contributed by atoms with van der Waals surface area (Å²) in [4.78, 5) is 29.0. The molecule has 0 saturated carbocycles. The van der Waals surface area contributed by atoms with Crippen LogP contribution in [-0.2, 0) is 9.59 Å². The highest BCUT2D eigenvalue weighted by Crippen LogP contribution is 2.28. The molecule has 126 valence electrons. The first-order valence-corrected chi connectivity index (χ1v) is 9.30. The molecule has 1 atom stereocenters. The highest BCUT2D eigenvalue weighted by atomic mass is 32.2. The van der Waals surface area contributed by atoms with Gasteiger partial charge in [0.1, 0.15) is 6.04 Å². The Labute approximate surface area is 138 Å². The number of rotatable bonds is 3. The van der Waals surface area contributed by atoms with Gasteiger partial charge in [-0.25, -0.2) is 0 Å². The summed E-state index contributed by atoms with van der Waals surface area (Å²) in [5.74, 6) is 1.64. The maximum Gasteiger partial charge on any atom is 0.246 e. The number of amides is 2. The molecule has 1 N–H and O–H groups in total. The summed E-state index contributed by atoms with van der Waals surface area (Å²) in [5.41, 5.74) is -0.0386. The topological polar surface area (TPSA) is 52.7 Å². The van der Waals surface area contributed by atoms with Gasteiger partial charge >= 0.3 is 0 Å². The minimum absolute atomic E-state index is 0.0386. The van der Waals surface area contributed by atoms with Crippen molar-refractivity contribution in [2.24, 2.45) is 5.41 Å². The first kappa shape index (κ1) is 17.6. The molecule has 0 bridgehead atoms. The van der Waals surface area contributed by atoms with E-state index in [2.05, 4.69) is 26.1 Å². The van der Waals surface area contributed by atoms with Crippen molar-refractivity contribution >= 4 is 23.6 Å². The molecular weight excluding hydrogens is 298 g/mol. The zero-order valence-electron chi connectivity index (χ0n) is 14.2. The predicted octanol–water partition coefficient (Wildman–Crippen LogP) is 1.53. The molecule has 1 unspecified atom stereocenters. The second-order valence-corrected chi connectivity index (χ2v) is 8.50. The molecule has 0 radical (unpaired) electrons. The molecule has 22 heavy (non-hydrogen) atoms. The molecular formula is C16H29N3O2S. The van der Waals surface area contributed by atoms with E-state index in [0.29, 0.717) is 18.3 Å². The number of carbonyl (C=O) groups is 2. The molecule has 5 nitrogen and oxygen atoms in total. The summed E-state index contributed by atoms with van der Waals surface area (Å²) in [6.07, 6.45) is 2.50. The molecule has 6 heteroatoms. The predicted molar refractivity (Wildman–Crippen MR) is 90.7 cm³/mol. The van der Waals surface area contributed by atoms with Gasteiger partial charge in [0.25, 0.3) is 0 Å². The van der Waals surface area contributed by atoms with Crippen LogP contribution in [0.3, 0.4) is 0 Å². The Hall–Kier alpha value is -0.750. The molecule has 2 rings (SSSR count). The van der Waals surface area contributed by atoms with Crippen LogP contribution in [0.4, 0.5) is 0 Å². The fourth-order valence-corrected chi connectivity index (χ4v) is 4.22. The van der Waals surface area contributed by atoms with E-state index >= 15 is 0 Å². The Morgan fingerprint density at radius 3 is 2.41 bits per heavy atom. The molecule has 2 aliphatic heterocycles. The largest absolute Gasteiger partial charge is 0.341 e. The maximum absolute atomic E-state index is 12.8. The number of carbonyl (C=O) groups excluding carboxylic acids is 2. The van der Waals surface area contributed by atoms with Crippen LogP contribution in [0.15, 0.2) is 0 Å². The van der Waals surface area contributed by atoms with Crippen LogP contribution >= 0.6 is 11.8 Å². The number of hydrogen-bond donors (Lipinski definition) is 1. The molecule has 0 aromatic carbocycles. The third-order valence-corrected chi connectivity index (χ3v) is 5.40. The Balaban J connectivity index is 1.95. The minimum Gasteiger partial charge on any atom is -0.341 e. The first-order valence-electron chi connectivity index (χ1n) is 8.15. The second-order valence-electron chi connectivity index (χ2n) is 7.50. The zero-order chi connectivity index (χ0) is 16.3. The Morgan fingerprint density at radius 2 is 1.86 bits per heavy atom. The number of nitrogens with zero attached hydrogens (tertiary/aromatic N) is 2. The monoisotopic (exact) mass is 327 g/mol. The zero-order valence-corrected chi connectivity index (χ0v) is 15.0. The van der Waals surface area contributed by atoms with Crippen molar-refractivity contribution in [2.45, 2.75) is 52.1 Å². The average Bonchev–Trinajstić information content (AvgIpc) is 2.94. The summed E-state index contributed by atoms with van der Waals surface area (Å²) in [6, 6.07) is 0.256. The molecule has 2 heterocycles. The fourth-order valence-electron chi connectivity index (χ4n) is 3.05. The van der Waals surface area contributed by atoms with Crippen LogP contribution in [-0.4, -0.2) is 65.5 Å². The van der Waals surface area contributed by atoms with Crippen molar-refractivity contribution in [3.05, 3.63) is 0 Å². The standard InChI is InChI=1S/C16H29N3O2S/c1-16(2,3)9-14(20)19-11-22-10-13(19)15(21)18-7-5-12(17-4)6-8-18/h12-13,17H,5-11H2,1-4H3. The first-order chi connectivity index (χ1) is 10.3. The lowest BCUT2D eigenvalue weighted by Gasteiger charge is -2.35. The van der Waals surface area contributed by atoms with E-state index in [1.54, 1.807) is 16.7 Å². The lowest BCUT2D eigenvalue weighted by atomic mass is 9.91. The molecule has 2 saturated heterocycles. The van der Waals surface area contributed by atoms with E-state index in [1.165, 1.54) is 0 Å². The summed E-state index contributed by atoms with van der Waals surface area (Å²) in [5, 5.41) is 3.28. The molecule has 0 spiro atoms. The van der Waals surface area contributed by atoms with Gasteiger partial charge in [-0.15, -0.1) is 11.8 Å². The van der Waals surface area contributed by atoms with E-state index in [4.69, 9.17) is 0 Å². The third kappa shape index (κ3) is 4.38. The van der Waals surface area contributed by atoms with Crippen LogP contribution in [0.2, 0.25) is 0 Å². The highest BCUT2D eigenvalue weighted by Gasteiger charge is 2.38. The summed E-state index contributed by atoms with van der Waals surface area (Å²) in [7, 11) is 1.97. The lowest BCUT2D eigenvalue weighted by molar-refractivity contribution is -0.145. The van der Waals surface area contributed by atoms with Crippen LogP contribution in [0, 0.1) is 5.41 Å². The quantitative estimate of drug-likeness (QED) is 0.854. The molecule has 2 aliphatic rings. The summed E-state index contributed by atoms with van der Waals surface area (Å²) in [6.45, 7) is 7.79. The molecule has 2 amide bonds. The van der Waals surface area contributed by atoms with Crippen molar-refractivity contribution in [2.75, 3.05) is 31.8 Å². The van der Waals surface area contributed by atoms with Gasteiger partial charge in [0, 0.05) is 31.3 Å². The van der Waals surface area contributed by atoms with Crippen molar-refractivity contribution < 1.29 is 9.59 Å². The van der Waals surface area contributed by atoms with Crippen molar-refractivity contribution in [3.8, 4) is 0 Å². The van der Waals surface area contributed by atoms with Crippen molar-refractivity contribution in [3.63, 3.8) is 0 Å². The van der Waals surface area contributed by atoms with Gasteiger partial charge in [-0.2, -0.15) is 0 Å². The number of piperidine rings is 1. The second kappa shape index (κ2) is 7.21. The molecule has 0 aliphatic carbocycles. The lowest BCUT2D eigenvalue weighted by Crippen LogP contribution is -2.52. The number of nitrogens with one attached hydrogen (secondary N) is 1. The third-order valence-electron chi connectivity index (χ3n) is 4.38. The summed E-state index contributed by atoms with van der Waals surface area (Å²) < 4.78 is 0. The number of hydrogen-bond acceptors (Lipinski definition) is 4. The van der Waals surface area contributed by atoms with Crippen LogP contribution in [0.5, 0.6) is 0 Å². The van der Waals surface area contributed by atoms with Gasteiger partial charge in [0.05, 0.1) is 5.88 Å². The van der Waals surface area contributed by atoms with Gasteiger partial charge in [-0.3, -0.25) is 9.59 Å². The van der Waals surface area contributed by atoms with E-state index in [-0.39, 0.29) is 23.3 Å². The molecule has 0 aromatic heterocycles. The molecule has 0 aromatic rings. The Kier molecular flexibility index (Phi) is 5.77. The normalized spacial score (nSPS) is 23.9. The average molecular weight is 327 g/mol. The van der Waals surface area contributed by atoms with E-state index in [0.717, 1.165) is 31.7 Å². The Bertz CT molecular complexity index is 414. The van der Waals surface area contributed by atoms with Crippen LogP contribution in [0.25, 0.3) is 0 Å². The van der Waals surface area contributed by atoms with Gasteiger partial charge in [0.2, 0.25) is 11.8 Å². The number of thioether (sulfide) groups is 1. The van der Waals surface area contributed by atoms with Gasteiger partial charge in [-0.1, -0.05) is 20.8 Å². The van der Waals surface area contributed by atoms with E-state index in [9.17, 15) is 9.59 Å². The van der Waals surface area contributed by atoms with Gasteiger partial charge < -0.3 is 15.1 Å². The van der Waals surface area contributed by atoms with Crippen LogP contribution in [0.1, 0.15) is 40.0 Å². The van der Waals surface area contributed by atoms with Crippen LogP contribution < -0.4 is 5.32 Å². The van der Waals surface area contributed by atoms with E-state index in [1.807, 2.05) is 11.9 Å².